The highest BCUT2D eigenvalue weighted by Gasteiger charge is 2.32. The number of hydrogen-bond donors (Lipinski definition) is 2. The number of nitrogens with one attached hydrogen (secondary N) is 1. The first-order valence-electron chi connectivity index (χ1n) is 5.98. The van der Waals surface area contributed by atoms with Gasteiger partial charge in [0.2, 0.25) is 5.96 Å². The summed E-state index contributed by atoms with van der Waals surface area (Å²) in [7, 11) is 0. The van der Waals surface area contributed by atoms with Crippen molar-refractivity contribution < 1.29 is 4.74 Å². The van der Waals surface area contributed by atoms with Gasteiger partial charge in [-0.3, -0.25) is 10.4 Å². The minimum Gasteiger partial charge on any atom is -0.377 e. The van der Waals surface area contributed by atoms with Gasteiger partial charge in [-0.25, -0.2) is 5.84 Å². The smallest absolute Gasteiger partial charge is 0.209 e. The Labute approximate surface area is 98.0 Å². The van der Waals surface area contributed by atoms with Gasteiger partial charge in [0.15, 0.2) is 0 Å². The van der Waals surface area contributed by atoms with E-state index in [4.69, 9.17) is 10.6 Å². The van der Waals surface area contributed by atoms with Crippen LogP contribution in [-0.2, 0) is 4.74 Å². The van der Waals surface area contributed by atoms with Crippen LogP contribution in [-0.4, -0.2) is 42.7 Å². The molecule has 3 N–H and O–H groups in total. The molecule has 94 valence electrons. The molecule has 1 aliphatic heterocycles. The number of nitrogens with two attached hydrogens (primary N) is 1. The topological polar surface area (TPSA) is 62.9 Å². The van der Waals surface area contributed by atoms with Crippen LogP contribution < -0.4 is 11.3 Å². The second kappa shape index (κ2) is 6.06. The summed E-state index contributed by atoms with van der Waals surface area (Å²) in [5.74, 6) is 6.32. The average Bonchev–Trinajstić information content (AvgIpc) is 2.25. The predicted octanol–water partition coefficient (Wildman–Crippen LogP) is 0.717. The lowest BCUT2D eigenvalue weighted by molar-refractivity contribution is -0.0167. The van der Waals surface area contributed by atoms with Gasteiger partial charge in [-0.15, -0.1) is 0 Å². The molecule has 1 fully saturated rings. The lowest BCUT2D eigenvalue weighted by Gasteiger charge is -2.43. The van der Waals surface area contributed by atoms with E-state index < -0.39 is 0 Å². The monoisotopic (exact) mass is 228 g/mol. The Morgan fingerprint density at radius 2 is 2.31 bits per heavy atom. The average molecular weight is 228 g/mol. The zero-order chi connectivity index (χ0) is 12.0. The summed E-state index contributed by atoms with van der Waals surface area (Å²) in [6.07, 6.45) is 2.24. The predicted molar refractivity (Wildman–Crippen MR) is 66.1 cm³/mol. The van der Waals surface area contributed by atoms with Gasteiger partial charge in [0, 0.05) is 13.1 Å². The molecule has 1 aliphatic rings. The molecule has 0 aromatic heterocycles. The van der Waals surface area contributed by atoms with Crippen LogP contribution in [0.3, 0.4) is 0 Å². The van der Waals surface area contributed by atoms with Crippen LogP contribution in [0.4, 0.5) is 0 Å². The largest absolute Gasteiger partial charge is 0.377 e. The molecular formula is C11H24N4O. The summed E-state index contributed by atoms with van der Waals surface area (Å²) in [5.41, 5.74) is 2.66. The number of guanidine groups is 1. The number of hydrogen-bond acceptors (Lipinski definition) is 3. The Balaban J connectivity index is 2.66. The Morgan fingerprint density at radius 1 is 1.56 bits per heavy atom. The van der Waals surface area contributed by atoms with E-state index in [1.807, 2.05) is 0 Å². The van der Waals surface area contributed by atoms with Gasteiger partial charge in [-0.05, 0) is 20.3 Å². The molecule has 0 aromatic rings. The maximum Gasteiger partial charge on any atom is 0.209 e. The van der Waals surface area contributed by atoms with Crippen LogP contribution in [0, 0.1) is 0 Å². The second-order valence-corrected chi connectivity index (χ2v) is 4.72. The van der Waals surface area contributed by atoms with Crippen LogP contribution in [0.1, 0.15) is 33.6 Å². The molecule has 1 heterocycles. The Kier molecular flexibility index (Phi) is 5.02. The molecule has 0 unspecified atom stereocenters. The van der Waals surface area contributed by atoms with Crippen LogP contribution in [0.5, 0.6) is 0 Å². The number of unbranched alkanes of at least 4 members (excludes halogenated alkanes) is 1. The second-order valence-electron chi connectivity index (χ2n) is 4.72. The minimum absolute atomic E-state index is 0.0460. The molecule has 0 saturated carbocycles. The number of rotatable bonds is 3. The molecule has 5 nitrogen and oxygen atoms in total. The van der Waals surface area contributed by atoms with Crippen molar-refractivity contribution in [1.82, 2.24) is 10.3 Å². The fourth-order valence-corrected chi connectivity index (χ4v) is 1.80. The molecule has 0 amide bonds. The van der Waals surface area contributed by atoms with E-state index in [9.17, 15) is 0 Å². The van der Waals surface area contributed by atoms with Gasteiger partial charge >= 0.3 is 0 Å². The highest BCUT2D eigenvalue weighted by Crippen LogP contribution is 2.18. The maximum atomic E-state index is 5.54. The normalized spacial score (nSPS) is 21.0. The summed E-state index contributed by atoms with van der Waals surface area (Å²) in [4.78, 5) is 6.69. The summed E-state index contributed by atoms with van der Waals surface area (Å²) in [6, 6.07) is 0. The van der Waals surface area contributed by atoms with Gasteiger partial charge in [0.25, 0.3) is 0 Å². The molecule has 16 heavy (non-hydrogen) atoms. The lowest BCUT2D eigenvalue weighted by Crippen LogP contribution is -2.60. The summed E-state index contributed by atoms with van der Waals surface area (Å²) >= 11 is 0. The SMILES string of the molecule is CCCCN=C(NN)N1CCOCC1(C)C. The summed E-state index contributed by atoms with van der Waals surface area (Å²) in [6.45, 7) is 9.53. The molecule has 0 radical (unpaired) electrons. The van der Waals surface area contributed by atoms with Crippen molar-refractivity contribution in [3.05, 3.63) is 0 Å². The molecule has 5 heteroatoms. The van der Waals surface area contributed by atoms with E-state index in [0.717, 1.165) is 38.5 Å². The van der Waals surface area contributed by atoms with Crippen molar-refractivity contribution in [2.24, 2.45) is 10.8 Å². The standard InChI is InChI=1S/C11H24N4O/c1-4-5-6-13-10(14-12)15-7-8-16-9-11(15,2)3/h4-9,12H2,1-3H3,(H,13,14). The molecule has 1 saturated heterocycles. The van der Waals surface area contributed by atoms with E-state index in [-0.39, 0.29) is 5.54 Å². The van der Waals surface area contributed by atoms with Gasteiger partial charge in [-0.2, -0.15) is 0 Å². The van der Waals surface area contributed by atoms with Crippen LogP contribution in [0.25, 0.3) is 0 Å². The number of aliphatic imine (C=N–C) groups is 1. The van der Waals surface area contributed by atoms with E-state index in [1.54, 1.807) is 0 Å². The van der Waals surface area contributed by atoms with Gasteiger partial charge < -0.3 is 9.64 Å². The van der Waals surface area contributed by atoms with E-state index >= 15 is 0 Å². The Hall–Kier alpha value is -0.810. The van der Waals surface area contributed by atoms with Crippen LogP contribution in [0.15, 0.2) is 4.99 Å². The van der Waals surface area contributed by atoms with E-state index in [2.05, 4.69) is 36.1 Å². The number of ether oxygens (including phenoxy) is 1. The molecule has 0 atom stereocenters. The third-order valence-electron chi connectivity index (χ3n) is 2.80. The molecule has 0 aliphatic carbocycles. The van der Waals surface area contributed by atoms with Crippen molar-refractivity contribution in [1.29, 1.82) is 0 Å². The van der Waals surface area contributed by atoms with Crippen molar-refractivity contribution in [3.63, 3.8) is 0 Å². The number of hydrazine groups is 1. The Bertz CT molecular complexity index is 240. The van der Waals surface area contributed by atoms with Crippen molar-refractivity contribution in [3.8, 4) is 0 Å². The van der Waals surface area contributed by atoms with E-state index in [0.29, 0.717) is 6.61 Å². The fourth-order valence-electron chi connectivity index (χ4n) is 1.80. The van der Waals surface area contributed by atoms with E-state index in [1.165, 1.54) is 0 Å². The minimum atomic E-state index is -0.0460. The molecular weight excluding hydrogens is 204 g/mol. The Morgan fingerprint density at radius 3 is 2.88 bits per heavy atom. The van der Waals surface area contributed by atoms with Crippen LogP contribution >= 0.6 is 0 Å². The highest BCUT2D eigenvalue weighted by atomic mass is 16.5. The van der Waals surface area contributed by atoms with Crippen molar-refractivity contribution >= 4 is 5.96 Å². The lowest BCUT2D eigenvalue weighted by atomic mass is 10.0. The quantitative estimate of drug-likeness (QED) is 0.246. The number of morpholine rings is 1. The van der Waals surface area contributed by atoms with Gasteiger partial charge in [-0.1, -0.05) is 13.3 Å². The third-order valence-corrected chi connectivity index (χ3v) is 2.80. The first-order valence-corrected chi connectivity index (χ1v) is 5.98. The molecule has 0 spiro atoms. The van der Waals surface area contributed by atoms with Crippen molar-refractivity contribution in [2.45, 2.75) is 39.2 Å². The summed E-state index contributed by atoms with van der Waals surface area (Å²) < 4.78 is 5.47. The van der Waals surface area contributed by atoms with Crippen molar-refractivity contribution in [2.75, 3.05) is 26.3 Å². The zero-order valence-electron chi connectivity index (χ0n) is 10.6. The number of nitrogens with zero attached hydrogens (tertiary/aromatic N) is 2. The molecule has 0 aromatic carbocycles. The third kappa shape index (κ3) is 3.35. The van der Waals surface area contributed by atoms with Gasteiger partial charge in [0.1, 0.15) is 0 Å². The molecule has 1 rings (SSSR count). The maximum absolute atomic E-state index is 5.54. The zero-order valence-corrected chi connectivity index (χ0v) is 10.6. The molecule has 0 bridgehead atoms. The summed E-state index contributed by atoms with van der Waals surface area (Å²) in [5, 5.41) is 0. The first-order chi connectivity index (χ1) is 7.61. The fraction of sp³-hybridized carbons (Fsp3) is 0.909. The first kappa shape index (κ1) is 13.3. The van der Waals surface area contributed by atoms with Gasteiger partial charge in [0.05, 0.1) is 18.8 Å². The van der Waals surface area contributed by atoms with Crippen LogP contribution in [0.2, 0.25) is 0 Å². The highest BCUT2D eigenvalue weighted by molar-refractivity contribution is 5.80.